The number of benzene rings is 2. The largest absolute Gasteiger partial charge is 0.497 e. The van der Waals surface area contributed by atoms with Crippen LogP contribution in [0.5, 0.6) is 5.75 Å². The molecule has 3 N–H and O–H groups in total. The molecule has 0 saturated heterocycles. The molecule has 28 heavy (non-hydrogen) atoms. The Balaban J connectivity index is 1.88. The average molecular weight is 418 g/mol. The number of nitrogens with zero attached hydrogens (tertiary/aromatic N) is 3. The molecule has 0 bridgehead atoms. The van der Waals surface area contributed by atoms with E-state index in [2.05, 4.69) is 15.5 Å². The lowest BCUT2D eigenvalue weighted by Crippen LogP contribution is -2.14. The third-order valence-corrected chi connectivity index (χ3v) is 5.36. The number of primary amides is 1. The van der Waals surface area contributed by atoms with Crippen molar-refractivity contribution in [3.05, 3.63) is 58.9 Å². The standard InChI is InChI=1S/C19H20ClN5O2S/c1-12-3-4-13(9-16(12)20)22-10-18-23-24-19(28-11-17(21)26)25(18)14-5-7-15(27-2)8-6-14/h3-9,22H,10-11H2,1-2H3,(H2,21,26). The van der Waals surface area contributed by atoms with E-state index in [9.17, 15) is 4.79 Å². The van der Waals surface area contributed by atoms with Crippen LogP contribution in [0.15, 0.2) is 47.6 Å². The van der Waals surface area contributed by atoms with Crippen LogP contribution in [0, 0.1) is 6.92 Å². The monoisotopic (exact) mass is 417 g/mol. The van der Waals surface area contributed by atoms with Gasteiger partial charge >= 0.3 is 0 Å². The number of halogens is 1. The number of amides is 1. The number of carbonyl (C=O) groups is 1. The van der Waals surface area contributed by atoms with Crippen molar-refractivity contribution in [2.45, 2.75) is 18.6 Å². The van der Waals surface area contributed by atoms with Gasteiger partial charge < -0.3 is 15.8 Å². The number of hydrogen-bond donors (Lipinski definition) is 2. The number of aryl methyl sites for hydroxylation is 1. The molecule has 9 heteroatoms. The number of carbonyl (C=O) groups excluding carboxylic acids is 1. The molecule has 1 amide bonds. The fourth-order valence-electron chi connectivity index (χ4n) is 2.52. The van der Waals surface area contributed by atoms with Gasteiger partial charge in [0.2, 0.25) is 5.91 Å². The number of anilines is 1. The maximum atomic E-state index is 11.2. The molecule has 1 heterocycles. The molecule has 0 aliphatic heterocycles. The SMILES string of the molecule is COc1ccc(-n2c(CNc3ccc(C)c(Cl)c3)nnc2SCC(N)=O)cc1. The number of nitrogens with one attached hydrogen (secondary N) is 1. The summed E-state index contributed by atoms with van der Waals surface area (Å²) in [6.45, 7) is 2.38. The van der Waals surface area contributed by atoms with Crippen molar-refractivity contribution < 1.29 is 9.53 Å². The first-order valence-corrected chi connectivity index (χ1v) is 9.84. The van der Waals surface area contributed by atoms with Crippen molar-refractivity contribution in [2.75, 3.05) is 18.2 Å². The van der Waals surface area contributed by atoms with Gasteiger partial charge in [-0.05, 0) is 48.9 Å². The van der Waals surface area contributed by atoms with E-state index in [0.717, 1.165) is 22.7 Å². The molecular weight excluding hydrogens is 398 g/mol. The first-order chi connectivity index (χ1) is 13.5. The minimum atomic E-state index is -0.414. The average Bonchev–Trinajstić information content (AvgIpc) is 3.10. The molecule has 1 aromatic heterocycles. The predicted octanol–water partition coefficient (Wildman–Crippen LogP) is 3.43. The van der Waals surface area contributed by atoms with Crippen LogP contribution in [-0.2, 0) is 11.3 Å². The fourth-order valence-corrected chi connectivity index (χ4v) is 3.41. The molecule has 2 aromatic carbocycles. The van der Waals surface area contributed by atoms with E-state index in [1.54, 1.807) is 7.11 Å². The molecule has 0 aliphatic carbocycles. The number of methoxy groups -OCH3 is 1. The van der Waals surface area contributed by atoms with Crippen molar-refractivity contribution in [3.8, 4) is 11.4 Å². The summed E-state index contributed by atoms with van der Waals surface area (Å²) in [5.74, 6) is 1.14. The molecule has 146 valence electrons. The normalized spacial score (nSPS) is 10.7. The van der Waals surface area contributed by atoms with Crippen LogP contribution in [-0.4, -0.2) is 33.5 Å². The molecule has 3 aromatic rings. The Morgan fingerprint density at radius 1 is 1.25 bits per heavy atom. The van der Waals surface area contributed by atoms with Crippen LogP contribution in [0.3, 0.4) is 0 Å². The zero-order chi connectivity index (χ0) is 20.1. The summed E-state index contributed by atoms with van der Waals surface area (Å²) in [7, 11) is 1.62. The number of ether oxygens (including phenoxy) is 1. The zero-order valence-corrected chi connectivity index (χ0v) is 17.0. The minimum absolute atomic E-state index is 0.120. The van der Waals surface area contributed by atoms with Gasteiger partial charge in [0.15, 0.2) is 11.0 Å². The van der Waals surface area contributed by atoms with E-state index in [4.69, 9.17) is 22.1 Å². The van der Waals surface area contributed by atoms with Crippen LogP contribution in [0.1, 0.15) is 11.4 Å². The molecule has 7 nitrogen and oxygen atoms in total. The Labute approximate surface area is 172 Å². The van der Waals surface area contributed by atoms with Crippen LogP contribution in [0.25, 0.3) is 5.69 Å². The molecule has 0 aliphatic rings. The second-order valence-electron chi connectivity index (χ2n) is 6.00. The van der Waals surface area contributed by atoms with Gasteiger partial charge in [0.05, 0.1) is 19.4 Å². The maximum absolute atomic E-state index is 11.2. The van der Waals surface area contributed by atoms with E-state index >= 15 is 0 Å². The molecule has 0 spiro atoms. The third-order valence-electron chi connectivity index (χ3n) is 4.00. The van der Waals surface area contributed by atoms with E-state index < -0.39 is 5.91 Å². The Morgan fingerprint density at radius 3 is 2.64 bits per heavy atom. The van der Waals surface area contributed by atoms with Gasteiger partial charge in [-0.1, -0.05) is 29.4 Å². The second-order valence-corrected chi connectivity index (χ2v) is 7.35. The fraction of sp³-hybridized carbons (Fsp3) is 0.211. The highest BCUT2D eigenvalue weighted by molar-refractivity contribution is 7.99. The topological polar surface area (TPSA) is 95.1 Å². The lowest BCUT2D eigenvalue weighted by atomic mass is 10.2. The highest BCUT2D eigenvalue weighted by Gasteiger charge is 2.15. The summed E-state index contributed by atoms with van der Waals surface area (Å²) >= 11 is 7.44. The van der Waals surface area contributed by atoms with Gasteiger partial charge in [-0.3, -0.25) is 9.36 Å². The van der Waals surface area contributed by atoms with Gasteiger partial charge in [0.1, 0.15) is 5.75 Å². The maximum Gasteiger partial charge on any atom is 0.227 e. The Hall–Kier alpha value is -2.71. The number of hydrogen-bond acceptors (Lipinski definition) is 6. The summed E-state index contributed by atoms with van der Waals surface area (Å²) in [5, 5.41) is 13.1. The Bertz CT molecular complexity index is 975. The van der Waals surface area contributed by atoms with Gasteiger partial charge in [0.25, 0.3) is 0 Å². The van der Waals surface area contributed by atoms with Crippen LogP contribution < -0.4 is 15.8 Å². The smallest absolute Gasteiger partial charge is 0.227 e. The summed E-state index contributed by atoms with van der Waals surface area (Å²) in [5.41, 5.74) is 8.03. The van der Waals surface area contributed by atoms with Crippen molar-refractivity contribution in [1.82, 2.24) is 14.8 Å². The van der Waals surface area contributed by atoms with Crippen molar-refractivity contribution >= 4 is 35.0 Å². The number of thioether (sulfide) groups is 1. The predicted molar refractivity (Wildman–Crippen MR) is 111 cm³/mol. The summed E-state index contributed by atoms with van der Waals surface area (Å²) in [4.78, 5) is 11.2. The van der Waals surface area contributed by atoms with E-state index in [-0.39, 0.29) is 5.75 Å². The number of aromatic nitrogens is 3. The first-order valence-electron chi connectivity index (χ1n) is 8.48. The van der Waals surface area contributed by atoms with Gasteiger partial charge in [-0.25, -0.2) is 0 Å². The quantitative estimate of drug-likeness (QED) is 0.545. The minimum Gasteiger partial charge on any atom is -0.497 e. The number of rotatable bonds is 8. The van der Waals surface area contributed by atoms with Crippen molar-refractivity contribution in [2.24, 2.45) is 5.73 Å². The molecular formula is C19H20ClN5O2S. The molecule has 0 atom stereocenters. The molecule has 0 fully saturated rings. The Kier molecular flexibility index (Phi) is 6.43. The van der Waals surface area contributed by atoms with E-state index in [1.165, 1.54) is 11.8 Å². The first kappa shape index (κ1) is 20.0. The number of nitrogens with two attached hydrogens (primary N) is 1. The molecule has 0 radical (unpaired) electrons. The highest BCUT2D eigenvalue weighted by atomic mass is 35.5. The van der Waals surface area contributed by atoms with E-state index in [0.29, 0.717) is 22.5 Å². The van der Waals surface area contributed by atoms with Gasteiger partial charge in [-0.15, -0.1) is 10.2 Å². The van der Waals surface area contributed by atoms with Crippen molar-refractivity contribution in [3.63, 3.8) is 0 Å². The summed E-state index contributed by atoms with van der Waals surface area (Å²) in [6, 6.07) is 13.3. The van der Waals surface area contributed by atoms with Gasteiger partial charge in [-0.2, -0.15) is 0 Å². The lowest BCUT2D eigenvalue weighted by Gasteiger charge is -2.12. The van der Waals surface area contributed by atoms with Crippen molar-refractivity contribution in [1.29, 1.82) is 0 Å². The highest BCUT2D eigenvalue weighted by Crippen LogP contribution is 2.25. The molecule has 3 rings (SSSR count). The second kappa shape index (κ2) is 8.99. The summed E-state index contributed by atoms with van der Waals surface area (Å²) < 4.78 is 7.11. The third kappa shape index (κ3) is 4.76. The van der Waals surface area contributed by atoms with Gasteiger partial charge in [0, 0.05) is 16.4 Å². The van der Waals surface area contributed by atoms with Crippen LogP contribution in [0.4, 0.5) is 5.69 Å². The Morgan fingerprint density at radius 2 is 2.00 bits per heavy atom. The zero-order valence-electron chi connectivity index (χ0n) is 15.5. The lowest BCUT2D eigenvalue weighted by molar-refractivity contribution is -0.115. The van der Waals surface area contributed by atoms with E-state index in [1.807, 2.05) is 54.0 Å². The van der Waals surface area contributed by atoms with Crippen LogP contribution >= 0.6 is 23.4 Å². The molecule has 0 unspecified atom stereocenters. The van der Waals surface area contributed by atoms with Crippen LogP contribution in [0.2, 0.25) is 5.02 Å². The molecule has 0 saturated carbocycles. The summed E-state index contributed by atoms with van der Waals surface area (Å²) in [6.07, 6.45) is 0.